The predicted octanol–water partition coefficient (Wildman–Crippen LogP) is 1.78. The monoisotopic (exact) mass is 346 g/mol. The first-order valence-corrected chi connectivity index (χ1v) is 9.22. The van der Waals surface area contributed by atoms with Gasteiger partial charge in [-0.1, -0.05) is 38.1 Å². The Labute approximate surface area is 150 Å². The van der Waals surface area contributed by atoms with Gasteiger partial charge in [0.25, 0.3) is 0 Å². The van der Waals surface area contributed by atoms with Gasteiger partial charge in [-0.3, -0.25) is 4.90 Å². The third-order valence-corrected chi connectivity index (χ3v) is 4.64. The van der Waals surface area contributed by atoms with Crippen molar-refractivity contribution < 1.29 is 4.52 Å². The van der Waals surface area contributed by atoms with Crippen LogP contribution in [0.4, 0.5) is 0 Å². The minimum absolute atomic E-state index is 0.134. The molecule has 1 aromatic heterocycles. The van der Waals surface area contributed by atoms with Crippen molar-refractivity contribution in [3.05, 3.63) is 23.9 Å². The zero-order valence-electron chi connectivity index (χ0n) is 15.8. The highest BCUT2D eigenvalue weighted by Crippen LogP contribution is 2.20. The van der Waals surface area contributed by atoms with E-state index in [1.165, 1.54) is 6.42 Å². The Morgan fingerprint density at radius 1 is 1.36 bits per heavy atom. The van der Waals surface area contributed by atoms with E-state index in [1.54, 1.807) is 0 Å². The molecule has 0 saturated carbocycles. The molecule has 0 spiro atoms. The molecule has 0 aliphatic carbocycles. The van der Waals surface area contributed by atoms with Crippen LogP contribution in [-0.2, 0) is 12.0 Å². The molecule has 7 heteroatoms. The van der Waals surface area contributed by atoms with Crippen LogP contribution < -0.4 is 5.32 Å². The second kappa shape index (κ2) is 7.56. The Balaban J connectivity index is 1.62. The summed E-state index contributed by atoms with van der Waals surface area (Å²) in [6, 6.07) is 0.608. The highest BCUT2D eigenvalue weighted by Gasteiger charge is 2.29. The van der Waals surface area contributed by atoms with Crippen molar-refractivity contribution >= 4 is 5.96 Å². The predicted molar refractivity (Wildman–Crippen MR) is 98.5 cm³/mol. The Hall–Kier alpha value is -1.89. The topological polar surface area (TPSA) is 69.8 Å². The van der Waals surface area contributed by atoms with Gasteiger partial charge in [-0.2, -0.15) is 4.98 Å². The molecular formula is C18H30N6O. The van der Waals surface area contributed by atoms with Gasteiger partial charge in [0, 0.05) is 44.2 Å². The molecular weight excluding hydrogens is 316 g/mol. The Morgan fingerprint density at radius 3 is 2.76 bits per heavy atom. The number of likely N-dealkylation sites (tertiary alicyclic amines) is 1. The van der Waals surface area contributed by atoms with Gasteiger partial charge in [0.15, 0.2) is 11.8 Å². The summed E-state index contributed by atoms with van der Waals surface area (Å²) in [5, 5.41) is 7.46. The highest BCUT2D eigenvalue weighted by molar-refractivity contribution is 5.80. The molecule has 138 valence electrons. The number of aliphatic imine (C=N–C) groups is 1. The van der Waals surface area contributed by atoms with Crippen molar-refractivity contribution in [2.45, 2.75) is 52.1 Å². The maximum atomic E-state index is 5.35. The quantitative estimate of drug-likeness (QED) is 0.509. The molecule has 7 nitrogen and oxygen atoms in total. The molecule has 1 aromatic rings. The number of rotatable bonds is 4. The van der Waals surface area contributed by atoms with Gasteiger partial charge in [0.2, 0.25) is 5.89 Å². The summed E-state index contributed by atoms with van der Waals surface area (Å²) >= 11 is 0. The van der Waals surface area contributed by atoms with E-state index in [4.69, 9.17) is 9.52 Å². The number of nitrogens with one attached hydrogen (secondary N) is 1. The molecule has 0 aromatic carbocycles. The average molecular weight is 346 g/mol. The molecule has 0 amide bonds. The van der Waals surface area contributed by atoms with Gasteiger partial charge >= 0.3 is 0 Å². The lowest BCUT2D eigenvalue weighted by Gasteiger charge is -2.25. The van der Waals surface area contributed by atoms with Crippen LogP contribution >= 0.6 is 0 Å². The first-order chi connectivity index (χ1) is 12.0. The fourth-order valence-corrected chi connectivity index (χ4v) is 3.22. The van der Waals surface area contributed by atoms with Crippen molar-refractivity contribution in [1.82, 2.24) is 25.3 Å². The van der Waals surface area contributed by atoms with Crippen LogP contribution in [-0.4, -0.2) is 64.7 Å². The van der Waals surface area contributed by atoms with E-state index in [1.807, 2.05) is 0 Å². The van der Waals surface area contributed by atoms with E-state index in [-0.39, 0.29) is 5.41 Å². The minimum Gasteiger partial charge on any atom is -0.357 e. The lowest BCUT2D eigenvalue weighted by atomic mass is 9.97. The molecule has 1 atom stereocenters. The molecule has 0 bridgehead atoms. The van der Waals surface area contributed by atoms with Crippen LogP contribution in [0.1, 0.15) is 45.8 Å². The molecule has 1 N–H and O–H groups in total. The largest absolute Gasteiger partial charge is 0.357 e. The first-order valence-electron chi connectivity index (χ1n) is 9.22. The number of aromatic nitrogens is 2. The van der Waals surface area contributed by atoms with Crippen LogP contribution in [0.3, 0.4) is 0 Å². The first kappa shape index (κ1) is 17.9. The molecule has 2 aliphatic heterocycles. The molecule has 25 heavy (non-hydrogen) atoms. The van der Waals surface area contributed by atoms with Gasteiger partial charge in [-0.05, 0) is 13.3 Å². The SMILES string of the molecule is CCNC(=NCc1noc(C(C)(C)C)n1)N1CCC(N2CC=CC2)C1. The van der Waals surface area contributed by atoms with Crippen molar-refractivity contribution in [2.75, 3.05) is 32.7 Å². The fourth-order valence-electron chi connectivity index (χ4n) is 3.22. The van der Waals surface area contributed by atoms with Crippen molar-refractivity contribution in [3.8, 4) is 0 Å². The molecule has 0 radical (unpaired) electrons. The van der Waals surface area contributed by atoms with Crippen molar-refractivity contribution in [1.29, 1.82) is 0 Å². The van der Waals surface area contributed by atoms with E-state index >= 15 is 0 Å². The summed E-state index contributed by atoms with van der Waals surface area (Å²) in [6.45, 7) is 13.8. The number of hydrogen-bond donors (Lipinski definition) is 1. The van der Waals surface area contributed by atoms with Crippen molar-refractivity contribution in [2.24, 2.45) is 4.99 Å². The second-order valence-electron chi connectivity index (χ2n) is 7.75. The molecule has 3 rings (SSSR count). The van der Waals surface area contributed by atoms with Crippen LogP contribution in [0.5, 0.6) is 0 Å². The molecule has 2 aliphatic rings. The van der Waals surface area contributed by atoms with E-state index in [0.29, 0.717) is 24.3 Å². The standard InChI is InChI=1S/C18H30N6O/c1-5-19-17(20-12-15-21-16(25-22-15)18(2,3)4)24-11-8-14(13-24)23-9-6-7-10-23/h6-7,14H,5,8-13H2,1-4H3,(H,19,20). The third-order valence-electron chi connectivity index (χ3n) is 4.64. The normalized spacial score (nSPS) is 22.2. The van der Waals surface area contributed by atoms with Gasteiger partial charge in [0.1, 0.15) is 6.54 Å². The van der Waals surface area contributed by atoms with E-state index in [2.05, 4.69) is 65.1 Å². The van der Waals surface area contributed by atoms with E-state index in [0.717, 1.165) is 38.7 Å². The van der Waals surface area contributed by atoms with Crippen molar-refractivity contribution in [3.63, 3.8) is 0 Å². The summed E-state index contributed by atoms with van der Waals surface area (Å²) in [6.07, 6.45) is 5.69. The maximum absolute atomic E-state index is 5.35. The minimum atomic E-state index is -0.134. The Kier molecular flexibility index (Phi) is 5.42. The van der Waals surface area contributed by atoms with Gasteiger partial charge in [-0.25, -0.2) is 4.99 Å². The lowest BCUT2D eigenvalue weighted by Crippen LogP contribution is -2.42. The van der Waals surface area contributed by atoms with Crippen LogP contribution in [0.2, 0.25) is 0 Å². The van der Waals surface area contributed by atoms with E-state index in [9.17, 15) is 0 Å². The lowest BCUT2D eigenvalue weighted by molar-refractivity contribution is 0.259. The summed E-state index contributed by atoms with van der Waals surface area (Å²) in [5.41, 5.74) is -0.134. The smallest absolute Gasteiger partial charge is 0.232 e. The molecule has 3 heterocycles. The zero-order valence-corrected chi connectivity index (χ0v) is 15.8. The number of nitrogens with zero attached hydrogens (tertiary/aromatic N) is 5. The molecule has 1 unspecified atom stereocenters. The maximum Gasteiger partial charge on any atom is 0.232 e. The summed E-state index contributed by atoms with van der Waals surface area (Å²) in [5.74, 6) is 2.24. The Morgan fingerprint density at radius 2 is 2.12 bits per heavy atom. The zero-order chi connectivity index (χ0) is 17.9. The van der Waals surface area contributed by atoms with Crippen LogP contribution in [0, 0.1) is 0 Å². The summed E-state index contributed by atoms with van der Waals surface area (Å²) in [7, 11) is 0. The molecule has 1 fully saturated rings. The summed E-state index contributed by atoms with van der Waals surface area (Å²) in [4.78, 5) is 14.1. The molecule has 1 saturated heterocycles. The number of guanidine groups is 1. The van der Waals surface area contributed by atoms with Crippen LogP contribution in [0.15, 0.2) is 21.7 Å². The summed E-state index contributed by atoms with van der Waals surface area (Å²) < 4.78 is 5.35. The van der Waals surface area contributed by atoms with E-state index < -0.39 is 0 Å². The fraction of sp³-hybridized carbons (Fsp3) is 0.722. The van der Waals surface area contributed by atoms with Crippen LogP contribution in [0.25, 0.3) is 0 Å². The van der Waals surface area contributed by atoms with Gasteiger partial charge in [-0.15, -0.1) is 0 Å². The average Bonchev–Trinajstić information content (AvgIpc) is 3.31. The van der Waals surface area contributed by atoms with Gasteiger partial charge in [0.05, 0.1) is 0 Å². The third kappa shape index (κ3) is 4.39. The second-order valence-corrected chi connectivity index (χ2v) is 7.75. The number of hydrogen-bond acceptors (Lipinski definition) is 5. The van der Waals surface area contributed by atoms with Gasteiger partial charge < -0.3 is 14.7 Å². The Bertz CT molecular complexity index is 622. The highest BCUT2D eigenvalue weighted by atomic mass is 16.5.